The van der Waals surface area contributed by atoms with Crippen LogP contribution >= 0.6 is 24.0 Å². The van der Waals surface area contributed by atoms with Crippen molar-refractivity contribution in [1.29, 1.82) is 0 Å². The fourth-order valence-corrected chi connectivity index (χ4v) is 3.46. The molecular formula is C18H40IN5. The first-order valence-electron chi connectivity index (χ1n) is 9.36. The van der Waals surface area contributed by atoms with E-state index in [2.05, 4.69) is 60.0 Å². The lowest BCUT2D eigenvalue weighted by atomic mass is 10.0. The van der Waals surface area contributed by atoms with Gasteiger partial charge in [-0.05, 0) is 53.0 Å². The molecule has 1 saturated heterocycles. The second-order valence-electron chi connectivity index (χ2n) is 7.40. The minimum atomic E-state index is 0. The number of rotatable bonds is 8. The van der Waals surface area contributed by atoms with Crippen LogP contribution < -0.4 is 10.6 Å². The smallest absolute Gasteiger partial charge is 0.191 e. The predicted octanol–water partition coefficient (Wildman–Crippen LogP) is 2.62. The summed E-state index contributed by atoms with van der Waals surface area (Å²) in [6.45, 7) is 17.9. The van der Waals surface area contributed by atoms with Crippen molar-refractivity contribution in [1.82, 2.24) is 20.4 Å². The zero-order valence-electron chi connectivity index (χ0n) is 16.6. The van der Waals surface area contributed by atoms with Gasteiger partial charge in [0.25, 0.3) is 0 Å². The van der Waals surface area contributed by atoms with Crippen LogP contribution in [0.1, 0.15) is 47.5 Å². The van der Waals surface area contributed by atoms with E-state index in [9.17, 15) is 0 Å². The van der Waals surface area contributed by atoms with Gasteiger partial charge in [-0.15, -0.1) is 24.0 Å². The lowest BCUT2D eigenvalue weighted by Crippen LogP contribution is -2.47. The summed E-state index contributed by atoms with van der Waals surface area (Å²) in [6.07, 6.45) is 2.73. The fraction of sp³-hybridized carbons (Fsp3) is 0.944. The Balaban J connectivity index is 0.00000529. The van der Waals surface area contributed by atoms with Crippen LogP contribution in [0.5, 0.6) is 0 Å². The van der Waals surface area contributed by atoms with Crippen LogP contribution in [0.3, 0.4) is 0 Å². The average Bonchev–Trinajstić information content (AvgIpc) is 2.49. The molecular weight excluding hydrogens is 413 g/mol. The molecule has 0 bridgehead atoms. The summed E-state index contributed by atoms with van der Waals surface area (Å²) >= 11 is 0. The highest BCUT2D eigenvalue weighted by molar-refractivity contribution is 14.0. The van der Waals surface area contributed by atoms with Crippen LogP contribution in [0.15, 0.2) is 4.99 Å². The lowest BCUT2D eigenvalue weighted by molar-refractivity contribution is 0.178. The Kier molecular flexibility index (Phi) is 13.1. The van der Waals surface area contributed by atoms with Crippen molar-refractivity contribution >= 4 is 29.9 Å². The van der Waals surface area contributed by atoms with E-state index < -0.39 is 0 Å². The summed E-state index contributed by atoms with van der Waals surface area (Å²) in [5.41, 5.74) is 0. The van der Waals surface area contributed by atoms with Gasteiger partial charge >= 0.3 is 0 Å². The van der Waals surface area contributed by atoms with Crippen molar-refractivity contribution in [3.8, 4) is 0 Å². The summed E-state index contributed by atoms with van der Waals surface area (Å²) in [5.74, 6) is 1.77. The molecule has 0 spiro atoms. The molecule has 1 unspecified atom stereocenters. The maximum atomic E-state index is 4.33. The van der Waals surface area contributed by atoms with E-state index in [0.29, 0.717) is 12.1 Å². The van der Waals surface area contributed by atoms with Gasteiger partial charge < -0.3 is 15.5 Å². The van der Waals surface area contributed by atoms with Crippen LogP contribution in [0.25, 0.3) is 0 Å². The molecule has 5 nitrogen and oxygen atoms in total. The van der Waals surface area contributed by atoms with Crippen molar-refractivity contribution < 1.29 is 0 Å². The van der Waals surface area contributed by atoms with Crippen molar-refractivity contribution in [3.05, 3.63) is 0 Å². The minimum Gasteiger partial charge on any atom is -0.355 e. The van der Waals surface area contributed by atoms with Gasteiger partial charge in [0.1, 0.15) is 0 Å². The molecule has 1 aliphatic rings. The van der Waals surface area contributed by atoms with Gasteiger partial charge in [-0.2, -0.15) is 0 Å². The minimum absolute atomic E-state index is 0. The van der Waals surface area contributed by atoms with Crippen molar-refractivity contribution in [2.45, 2.75) is 59.5 Å². The quantitative estimate of drug-likeness (QED) is 0.337. The van der Waals surface area contributed by atoms with Crippen molar-refractivity contribution in [2.24, 2.45) is 10.9 Å². The van der Waals surface area contributed by atoms with Gasteiger partial charge in [-0.1, -0.05) is 6.92 Å². The van der Waals surface area contributed by atoms with Gasteiger partial charge in [0.15, 0.2) is 5.96 Å². The summed E-state index contributed by atoms with van der Waals surface area (Å²) in [5, 5.41) is 6.88. The van der Waals surface area contributed by atoms with Gasteiger partial charge in [0, 0.05) is 51.9 Å². The third kappa shape index (κ3) is 9.42. The maximum absolute atomic E-state index is 4.33. The number of piperidine rings is 1. The van der Waals surface area contributed by atoms with E-state index in [1.807, 2.05) is 7.05 Å². The summed E-state index contributed by atoms with van der Waals surface area (Å²) in [4.78, 5) is 9.39. The van der Waals surface area contributed by atoms with Crippen LogP contribution in [0.4, 0.5) is 0 Å². The summed E-state index contributed by atoms with van der Waals surface area (Å²) in [7, 11) is 1.85. The van der Waals surface area contributed by atoms with Gasteiger partial charge in [0.05, 0.1) is 0 Å². The largest absolute Gasteiger partial charge is 0.355 e. The normalized spacial score (nSPS) is 19.7. The Labute approximate surface area is 167 Å². The zero-order valence-corrected chi connectivity index (χ0v) is 19.0. The molecule has 0 aliphatic carbocycles. The van der Waals surface area contributed by atoms with E-state index in [0.717, 1.165) is 38.1 Å². The van der Waals surface area contributed by atoms with Crippen LogP contribution in [0, 0.1) is 5.92 Å². The van der Waals surface area contributed by atoms with Gasteiger partial charge in [-0.25, -0.2) is 0 Å². The predicted molar refractivity (Wildman–Crippen MR) is 117 cm³/mol. The molecule has 0 amide bonds. The number of guanidine groups is 1. The van der Waals surface area contributed by atoms with E-state index >= 15 is 0 Å². The lowest BCUT2D eigenvalue weighted by Gasteiger charge is -2.31. The third-order valence-electron chi connectivity index (χ3n) is 4.67. The summed E-state index contributed by atoms with van der Waals surface area (Å²) < 4.78 is 0. The summed E-state index contributed by atoms with van der Waals surface area (Å²) in [6, 6.07) is 1.15. The van der Waals surface area contributed by atoms with Gasteiger partial charge in [-0.3, -0.25) is 9.89 Å². The van der Waals surface area contributed by atoms with Crippen LogP contribution in [-0.4, -0.2) is 74.2 Å². The Morgan fingerprint density at radius 1 is 1.17 bits per heavy atom. The monoisotopic (exact) mass is 453 g/mol. The second kappa shape index (κ2) is 13.2. The fourth-order valence-electron chi connectivity index (χ4n) is 3.46. The molecule has 1 aliphatic heterocycles. The molecule has 6 heteroatoms. The number of nitrogens with zero attached hydrogens (tertiary/aromatic N) is 3. The second-order valence-corrected chi connectivity index (χ2v) is 7.40. The number of aliphatic imine (C=N–C) groups is 1. The molecule has 0 saturated carbocycles. The molecule has 0 aromatic carbocycles. The topological polar surface area (TPSA) is 42.9 Å². The van der Waals surface area contributed by atoms with Crippen LogP contribution in [0.2, 0.25) is 0 Å². The first-order valence-corrected chi connectivity index (χ1v) is 9.36. The maximum Gasteiger partial charge on any atom is 0.191 e. The Morgan fingerprint density at radius 2 is 1.79 bits per heavy atom. The molecule has 144 valence electrons. The highest BCUT2D eigenvalue weighted by Crippen LogP contribution is 2.14. The molecule has 0 aromatic heterocycles. The SMILES string of the molecule is CN=C(NCCN1CCCC(C)C1)NCCN(C(C)C)C(C)C.I. The number of likely N-dealkylation sites (tertiary alicyclic amines) is 1. The Morgan fingerprint density at radius 3 is 2.33 bits per heavy atom. The molecule has 2 N–H and O–H groups in total. The molecule has 24 heavy (non-hydrogen) atoms. The molecule has 1 heterocycles. The molecule has 1 fully saturated rings. The highest BCUT2D eigenvalue weighted by atomic mass is 127. The third-order valence-corrected chi connectivity index (χ3v) is 4.67. The number of nitrogens with one attached hydrogen (secondary N) is 2. The average molecular weight is 453 g/mol. The molecule has 0 radical (unpaired) electrons. The van der Waals surface area contributed by atoms with E-state index in [-0.39, 0.29) is 24.0 Å². The zero-order chi connectivity index (χ0) is 17.2. The first-order chi connectivity index (χ1) is 10.9. The standard InChI is InChI=1S/C18H39N5.HI/c1-15(2)23(16(3)4)13-10-21-18(19-6)20-9-12-22-11-7-8-17(5)14-22;/h15-17H,7-14H2,1-6H3,(H2,19,20,21);1H. The molecule has 1 atom stereocenters. The number of hydrogen-bond acceptors (Lipinski definition) is 3. The van der Waals surface area contributed by atoms with E-state index in [1.54, 1.807) is 0 Å². The van der Waals surface area contributed by atoms with Crippen molar-refractivity contribution in [3.63, 3.8) is 0 Å². The Hall–Kier alpha value is -0.0800. The van der Waals surface area contributed by atoms with Gasteiger partial charge in [0.2, 0.25) is 0 Å². The Bertz CT molecular complexity index is 338. The number of hydrogen-bond donors (Lipinski definition) is 2. The van der Waals surface area contributed by atoms with Crippen LogP contribution in [-0.2, 0) is 0 Å². The highest BCUT2D eigenvalue weighted by Gasteiger charge is 2.16. The van der Waals surface area contributed by atoms with E-state index in [4.69, 9.17) is 0 Å². The number of halogens is 1. The molecule has 0 aromatic rings. The van der Waals surface area contributed by atoms with E-state index in [1.165, 1.54) is 25.9 Å². The van der Waals surface area contributed by atoms with Crippen molar-refractivity contribution in [2.75, 3.05) is 46.3 Å². The molecule has 1 rings (SSSR count). The first kappa shape index (κ1) is 23.9.